The number of rotatable bonds is 15. The normalized spacial score (nSPS) is 15.5. The van der Waals surface area contributed by atoms with E-state index in [0.717, 1.165) is 50.1 Å². The first-order valence-corrected chi connectivity index (χ1v) is 19.1. The van der Waals surface area contributed by atoms with Crippen LogP contribution < -0.4 is 26.9 Å². The molecule has 1 aliphatic rings. The third-order valence-corrected chi connectivity index (χ3v) is 9.89. The quantitative estimate of drug-likeness (QED) is 0.106. The van der Waals surface area contributed by atoms with Crippen molar-refractivity contribution in [1.82, 2.24) is 14.1 Å². The number of aromatic amines is 1. The van der Waals surface area contributed by atoms with Crippen LogP contribution in [-0.2, 0) is 24.2 Å². The van der Waals surface area contributed by atoms with Crippen molar-refractivity contribution >= 4 is 34.1 Å². The molecule has 2 aromatic heterocycles. The summed E-state index contributed by atoms with van der Waals surface area (Å²) < 4.78 is 38.7. The Hall–Kier alpha value is -4.78. The van der Waals surface area contributed by atoms with E-state index in [1.54, 1.807) is 11.8 Å². The Kier molecular flexibility index (Phi) is 14.8. The minimum absolute atomic E-state index is 0.0838. The summed E-state index contributed by atoms with van der Waals surface area (Å²) in [5.74, 6) is -1.93. The summed E-state index contributed by atoms with van der Waals surface area (Å²) >= 11 is 0. The van der Waals surface area contributed by atoms with Crippen LogP contribution in [0.3, 0.4) is 0 Å². The number of benzene rings is 2. The monoisotopic (exact) mass is 751 g/mol. The number of pyridine rings is 1. The molecule has 0 radical (unpaired) electrons. The lowest BCUT2D eigenvalue weighted by molar-refractivity contribution is 0.0436. The number of fused-ring (bicyclic) bond motifs is 1. The van der Waals surface area contributed by atoms with Gasteiger partial charge in [-0.3, -0.25) is 19.1 Å². The first kappa shape index (κ1) is 42.0. The molecule has 13 heteroatoms. The van der Waals surface area contributed by atoms with Gasteiger partial charge in [0.15, 0.2) is 5.82 Å². The zero-order chi connectivity index (χ0) is 39.7. The molecule has 5 rings (SSSR count). The molecular formula is C41H55F2N5O6. The van der Waals surface area contributed by atoms with Crippen molar-refractivity contribution in [3.8, 4) is 0 Å². The molecule has 0 amide bonds. The molecule has 11 nitrogen and oxygen atoms in total. The number of H-pyrrole nitrogens is 1. The van der Waals surface area contributed by atoms with Crippen LogP contribution in [0.1, 0.15) is 95.1 Å². The molecule has 1 saturated heterocycles. The molecule has 54 heavy (non-hydrogen) atoms. The largest absolute Gasteiger partial charge is 0.477 e. The average Bonchev–Trinajstić information content (AvgIpc) is 3.48. The van der Waals surface area contributed by atoms with E-state index in [0.29, 0.717) is 38.0 Å². The number of aromatic nitrogens is 3. The van der Waals surface area contributed by atoms with Crippen LogP contribution in [0.4, 0.5) is 26.0 Å². The van der Waals surface area contributed by atoms with E-state index in [1.807, 2.05) is 32.0 Å². The molecule has 2 unspecified atom stereocenters. The Morgan fingerprint density at radius 3 is 2.43 bits per heavy atom. The number of ether oxygens (including phenoxy) is 1. The van der Waals surface area contributed by atoms with Gasteiger partial charge in [0.25, 0.3) is 5.56 Å². The second-order valence-corrected chi connectivity index (χ2v) is 14.5. The molecule has 0 aliphatic carbocycles. The highest BCUT2D eigenvalue weighted by Gasteiger charge is 2.34. The van der Waals surface area contributed by atoms with Gasteiger partial charge in [-0.15, -0.1) is 0 Å². The van der Waals surface area contributed by atoms with E-state index in [-0.39, 0.29) is 46.4 Å². The summed E-state index contributed by atoms with van der Waals surface area (Å²) in [6.07, 6.45) is 6.98. The third kappa shape index (κ3) is 10.0. The Balaban J connectivity index is 0.000000241. The molecule has 294 valence electrons. The second kappa shape index (κ2) is 19.0. The summed E-state index contributed by atoms with van der Waals surface area (Å²) in [5.41, 5.74) is 1.04. The van der Waals surface area contributed by atoms with Crippen LogP contribution in [0.2, 0.25) is 0 Å². The van der Waals surface area contributed by atoms with Crippen molar-refractivity contribution in [3.63, 3.8) is 0 Å². The number of hydrogen-bond donors (Lipinski definition) is 3. The maximum Gasteiger partial charge on any atom is 0.341 e. The van der Waals surface area contributed by atoms with Crippen LogP contribution in [-0.4, -0.2) is 51.0 Å². The first-order chi connectivity index (χ1) is 25.7. The Morgan fingerprint density at radius 1 is 1.06 bits per heavy atom. The average molecular weight is 752 g/mol. The number of aromatic carboxylic acids is 1. The van der Waals surface area contributed by atoms with Gasteiger partial charge in [-0.1, -0.05) is 59.9 Å². The molecule has 0 spiro atoms. The number of nitrogens with one attached hydrogen (secondary N) is 2. The van der Waals surface area contributed by atoms with Crippen LogP contribution in [0.25, 0.3) is 10.9 Å². The summed E-state index contributed by atoms with van der Waals surface area (Å²) in [4.78, 5) is 52.7. The van der Waals surface area contributed by atoms with Crippen LogP contribution in [0.5, 0.6) is 0 Å². The summed E-state index contributed by atoms with van der Waals surface area (Å²) in [7, 11) is 0. The van der Waals surface area contributed by atoms with Gasteiger partial charge in [0.05, 0.1) is 17.0 Å². The van der Waals surface area contributed by atoms with Gasteiger partial charge >= 0.3 is 11.7 Å². The fourth-order valence-electron chi connectivity index (χ4n) is 6.86. The summed E-state index contributed by atoms with van der Waals surface area (Å²) in [6, 6.07) is 8.44. The molecule has 4 aromatic rings. The Labute approximate surface area is 315 Å². The zero-order valence-electron chi connectivity index (χ0n) is 32.6. The van der Waals surface area contributed by atoms with E-state index >= 15 is 4.39 Å². The topological polar surface area (TPSA) is 139 Å². The van der Waals surface area contributed by atoms with Gasteiger partial charge < -0.3 is 24.6 Å². The number of carboxylic acids is 1. The number of anilines is 3. The number of nitrogens with zero attached hydrogens (tertiary/aromatic N) is 3. The lowest BCUT2D eigenvalue weighted by atomic mass is 10.1. The molecule has 2 aromatic carbocycles. The van der Waals surface area contributed by atoms with E-state index in [9.17, 15) is 28.7 Å². The fourth-order valence-corrected chi connectivity index (χ4v) is 6.86. The molecule has 1 fully saturated rings. The number of aryl methyl sites for hydroxylation is 3. The maximum atomic E-state index is 15.4. The highest BCUT2D eigenvalue weighted by atomic mass is 19.1. The Bertz CT molecular complexity index is 2080. The molecule has 3 N–H and O–H groups in total. The van der Waals surface area contributed by atoms with Gasteiger partial charge in [-0.2, -0.15) is 0 Å². The van der Waals surface area contributed by atoms with Crippen molar-refractivity contribution in [2.24, 2.45) is 11.8 Å². The van der Waals surface area contributed by atoms with Gasteiger partial charge in [-0.25, -0.2) is 18.4 Å². The van der Waals surface area contributed by atoms with Gasteiger partial charge in [0, 0.05) is 56.7 Å². The van der Waals surface area contributed by atoms with E-state index in [4.69, 9.17) is 4.74 Å². The molecular weight excluding hydrogens is 696 g/mol. The molecule has 0 bridgehead atoms. The molecule has 3 heterocycles. The number of hydrogen-bond acceptors (Lipinski definition) is 7. The summed E-state index contributed by atoms with van der Waals surface area (Å²) in [6.45, 7) is 16.3. The van der Waals surface area contributed by atoms with Crippen LogP contribution in [0, 0.1) is 30.4 Å². The van der Waals surface area contributed by atoms with Gasteiger partial charge in [0.2, 0.25) is 5.43 Å². The third-order valence-electron chi connectivity index (χ3n) is 9.89. The minimum atomic E-state index is -1.43. The predicted octanol–water partition coefficient (Wildman–Crippen LogP) is 7.62. The SMILES string of the molecule is CCCOC1CN(c2c(F)cc3c(=O)c(C(=O)O)cn(CC)c3c2F)CC1C.CCc1cc(Nc2cc(=O)n(CCCCCC(C)C)c(=O)[nH]2)ccc1C. The van der Waals surface area contributed by atoms with Crippen molar-refractivity contribution < 1.29 is 23.4 Å². The lowest BCUT2D eigenvalue weighted by Gasteiger charge is -2.22. The maximum absolute atomic E-state index is 15.4. The first-order valence-electron chi connectivity index (χ1n) is 19.1. The smallest absolute Gasteiger partial charge is 0.341 e. The van der Waals surface area contributed by atoms with Crippen LogP contribution in [0.15, 0.2) is 50.9 Å². The number of unbranched alkanes of at least 4 members (excludes halogenated alkanes) is 2. The second-order valence-electron chi connectivity index (χ2n) is 14.5. The van der Waals surface area contributed by atoms with Gasteiger partial charge in [-0.05, 0) is 68.4 Å². The standard InChI is InChI=1S/C21H31N3O2.C20H24F2N2O4/c1-5-17-13-18(11-10-16(17)4)22-19-14-20(25)24(21(26)23-19)12-8-6-7-9-15(2)3;1-4-6-28-15-10-24(8-11(15)3)18-14(21)7-12-17(16(18)22)23(5-2)9-13(19(12)25)20(26)27/h10-11,13-15,22H,5-9,12H2,1-4H3,(H,23,26);7,9,11,15H,4-6,8,10H2,1-3H3,(H,26,27). The Morgan fingerprint density at radius 2 is 1.80 bits per heavy atom. The van der Waals surface area contributed by atoms with E-state index in [1.165, 1.54) is 32.7 Å². The highest BCUT2D eigenvalue weighted by Crippen LogP contribution is 2.34. The predicted molar refractivity (Wildman–Crippen MR) is 211 cm³/mol. The molecule has 1 aliphatic heterocycles. The number of carbonyl (C=O) groups is 1. The minimum Gasteiger partial charge on any atom is -0.477 e. The molecule has 0 saturated carbocycles. The number of carboxylic acid groups (broad SMARTS) is 1. The van der Waals surface area contributed by atoms with Crippen molar-refractivity contribution in [2.45, 2.75) is 106 Å². The fraction of sp³-hybridized carbons (Fsp3) is 0.512. The van der Waals surface area contributed by atoms with Gasteiger partial charge in [0.1, 0.15) is 22.9 Å². The van der Waals surface area contributed by atoms with Crippen molar-refractivity contribution in [2.75, 3.05) is 29.9 Å². The van der Waals surface area contributed by atoms with E-state index < -0.39 is 28.6 Å². The lowest BCUT2D eigenvalue weighted by Crippen LogP contribution is -2.35. The number of halogens is 2. The van der Waals surface area contributed by atoms with Crippen molar-refractivity contribution in [1.29, 1.82) is 0 Å². The molecule has 2 atom stereocenters. The van der Waals surface area contributed by atoms with Crippen molar-refractivity contribution in [3.05, 3.63) is 95.9 Å². The van der Waals surface area contributed by atoms with E-state index in [2.05, 4.69) is 38.0 Å². The highest BCUT2D eigenvalue weighted by molar-refractivity contribution is 5.94. The summed E-state index contributed by atoms with van der Waals surface area (Å²) in [5, 5.41) is 12.1. The zero-order valence-corrected chi connectivity index (χ0v) is 32.6. The van der Waals surface area contributed by atoms with Crippen LogP contribution >= 0.6 is 0 Å².